The Labute approximate surface area is 103 Å². The lowest BCUT2D eigenvalue weighted by Crippen LogP contribution is -2.42. The zero-order valence-electron chi connectivity index (χ0n) is 10.3. The Balaban J connectivity index is 1.96. The Morgan fingerprint density at radius 3 is 2.69 bits per heavy atom. The number of thioether (sulfide) groups is 1. The summed E-state index contributed by atoms with van der Waals surface area (Å²) in [7, 11) is 0. The van der Waals surface area contributed by atoms with Crippen molar-refractivity contribution in [3.05, 3.63) is 0 Å². The lowest BCUT2D eigenvalue weighted by atomic mass is 10.4. The quantitative estimate of drug-likeness (QED) is 0.654. The first kappa shape index (κ1) is 13.8. The van der Waals surface area contributed by atoms with Gasteiger partial charge in [-0.2, -0.15) is 11.8 Å². The lowest BCUT2D eigenvalue weighted by Gasteiger charge is -2.26. The third kappa shape index (κ3) is 6.35. The number of nitrogens with one attached hydrogen (secondary N) is 2. The van der Waals surface area contributed by atoms with E-state index in [1.165, 1.54) is 24.6 Å². The maximum Gasteiger partial charge on any atom is 0.234 e. The summed E-state index contributed by atoms with van der Waals surface area (Å²) < 4.78 is 0. The molecule has 0 saturated carbocycles. The highest BCUT2D eigenvalue weighted by molar-refractivity contribution is 7.99. The van der Waals surface area contributed by atoms with Gasteiger partial charge in [0.05, 0.1) is 6.54 Å². The molecule has 1 fully saturated rings. The zero-order chi connectivity index (χ0) is 11.8. The largest absolute Gasteiger partial charge is 0.353 e. The second-order valence-electron chi connectivity index (χ2n) is 4.35. The van der Waals surface area contributed by atoms with E-state index >= 15 is 0 Å². The normalized spacial score (nSPS) is 17.7. The van der Waals surface area contributed by atoms with Crippen molar-refractivity contribution in [2.24, 2.45) is 0 Å². The molecule has 1 amide bonds. The van der Waals surface area contributed by atoms with Gasteiger partial charge in [-0.1, -0.05) is 0 Å². The summed E-state index contributed by atoms with van der Waals surface area (Å²) in [6, 6.07) is 0.230. The number of rotatable bonds is 6. The third-order valence-electron chi connectivity index (χ3n) is 2.44. The monoisotopic (exact) mass is 245 g/mol. The van der Waals surface area contributed by atoms with Gasteiger partial charge in [-0.3, -0.25) is 4.79 Å². The number of hydrogen-bond acceptors (Lipinski definition) is 4. The molecule has 4 nitrogen and oxygen atoms in total. The van der Waals surface area contributed by atoms with Crippen LogP contribution in [-0.2, 0) is 4.79 Å². The Kier molecular flexibility index (Phi) is 6.84. The smallest absolute Gasteiger partial charge is 0.234 e. The first-order valence-corrected chi connectivity index (χ1v) is 7.14. The molecule has 0 unspecified atom stereocenters. The van der Waals surface area contributed by atoms with Crippen LogP contribution in [0.4, 0.5) is 0 Å². The van der Waals surface area contributed by atoms with E-state index in [1.54, 1.807) is 0 Å². The molecule has 0 aromatic heterocycles. The highest BCUT2D eigenvalue weighted by Gasteiger charge is 2.09. The molecule has 0 radical (unpaired) electrons. The van der Waals surface area contributed by atoms with E-state index in [4.69, 9.17) is 0 Å². The number of nitrogens with zero attached hydrogens (tertiary/aromatic N) is 1. The number of amides is 1. The molecule has 16 heavy (non-hydrogen) atoms. The van der Waals surface area contributed by atoms with E-state index < -0.39 is 0 Å². The van der Waals surface area contributed by atoms with Crippen LogP contribution >= 0.6 is 11.8 Å². The van der Waals surface area contributed by atoms with Crippen LogP contribution in [0.2, 0.25) is 0 Å². The van der Waals surface area contributed by atoms with Crippen molar-refractivity contribution in [2.45, 2.75) is 19.9 Å². The number of hydrogen-bond donors (Lipinski definition) is 2. The van der Waals surface area contributed by atoms with Crippen LogP contribution in [0, 0.1) is 0 Å². The van der Waals surface area contributed by atoms with Crippen LogP contribution in [0.5, 0.6) is 0 Å². The summed E-state index contributed by atoms with van der Waals surface area (Å²) in [5.41, 5.74) is 0. The third-order valence-corrected chi connectivity index (χ3v) is 3.39. The van der Waals surface area contributed by atoms with Crippen molar-refractivity contribution in [1.29, 1.82) is 0 Å². The molecule has 0 aromatic rings. The average molecular weight is 245 g/mol. The summed E-state index contributed by atoms with van der Waals surface area (Å²) in [4.78, 5) is 13.8. The fourth-order valence-corrected chi connectivity index (χ4v) is 2.62. The Hall–Kier alpha value is -0.260. The fraction of sp³-hybridized carbons (Fsp3) is 0.909. The Morgan fingerprint density at radius 1 is 1.38 bits per heavy atom. The highest BCUT2D eigenvalue weighted by atomic mass is 32.2. The van der Waals surface area contributed by atoms with Gasteiger partial charge in [0, 0.05) is 43.7 Å². The molecule has 1 aliphatic heterocycles. The maximum atomic E-state index is 11.3. The van der Waals surface area contributed by atoms with Gasteiger partial charge >= 0.3 is 0 Å². The Morgan fingerprint density at radius 2 is 2.06 bits per heavy atom. The van der Waals surface area contributed by atoms with E-state index in [9.17, 15) is 4.79 Å². The molecular formula is C11H23N3OS. The van der Waals surface area contributed by atoms with Gasteiger partial charge in [0.15, 0.2) is 0 Å². The van der Waals surface area contributed by atoms with Gasteiger partial charge in [0.1, 0.15) is 0 Å². The van der Waals surface area contributed by atoms with Gasteiger partial charge in [-0.05, 0) is 13.8 Å². The van der Waals surface area contributed by atoms with E-state index in [2.05, 4.69) is 15.5 Å². The van der Waals surface area contributed by atoms with Crippen LogP contribution in [0.3, 0.4) is 0 Å². The van der Waals surface area contributed by atoms with Crippen molar-refractivity contribution < 1.29 is 4.79 Å². The molecule has 0 aromatic carbocycles. The predicted molar refractivity (Wildman–Crippen MR) is 69.9 cm³/mol. The van der Waals surface area contributed by atoms with Gasteiger partial charge < -0.3 is 15.5 Å². The minimum atomic E-state index is 0.0872. The van der Waals surface area contributed by atoms with Gasteiger partial charge in [-0.15, -0.1) is 0 Å². The van der Waals surface area contributed by atoms with Crippen molar-refractivity contribution >= 4 is 17.7 Å². The predicted octanol–water partition coefficient (Wildman–Crippen LogP) is 0.149. The molecule has 0 aliphatic carbocycles. The molecular weight excluding hydrogens is 222 g/mol. The number of carbonyl (C=O) groups is 1. The second kappa shape index (κ2) is 7.92. The second-order valence-corrected chi connectivity index (χ2v) is 5.58. The fourth-order valence-electron chi connectivity index (χ4n) is 1.64. The van der Waals surface area contributed by atoms with Crippen LogP contribution in [0.15, 0.2) is 0 Å². The van der Waals surface area contributed by atoms with E-state index in [0.717, 1.165) is 13.1 Å². The molecule has 94 valence electrons. The minimum Gasteiger partial charge on any atom is -0.353 e. The topological polar surface area (TPSA) is 44.4 Å². The molecule has 1 heterocycles. The summed E-state index contributed by atoms with van der Waals surface area (Å²) in [6.45, 7) is 8.70. The summed E-state index contributed by atoms with van der Waals surface area (Å²) in [6.07, 6.45) is 0. The van der Waals surface area contributed by atoms with E-state index in [-0.39, 0.29) is 11.9 Å². The van der Waals surface area contributed by atoms with E-state index in [0.29, 0.717) is 6.54 Å². The zero-order valence-corrected chi connectivity index (χ0v) is 11.1. The molecule has 5 heteroatoms. The molecule has 0 spiro atoms. The first-order valence-electron chi connectivity index (χ1n) is 5.98. The minimum absolute atomic E-state index is 0.0872. The standard InChI is InChI=1S/C11H23N3OS/c1-10(2)13-11(15)9-12-3-4-14-5-7-16-8-6-14/h10,12H,3-9H2,1-2H3,(H,13,15). The van der Waals surface area contributed by atoms with Gasteiger partial charge in [0.25, 0.3) is 0 Å². The molecule has 2 N–H and O–H groups in total. The van der Waals surface area contributed by atoms with Gasteiger partial charge in [-0.25, -0.2) is 0 Å². The lowest BCUT2D eigenvalue weighted by molar-refractivity contribution is -0.120. The van der Waals surface area contributed by atoms with Crippen LogP contribution in [0.25, 0.3) is 0 Å². The molecule has 1 aliphatic rings. The highest BCUT2D eigenvalue weighted by Crippen LogP contribution is 2.07. The van der Waals surface area contributed by atoms with Crippen molar-refractivity contribution in [2.75, 3.05) is 44.2 Å². The van der Waals surface area contributed by atoms with Crippen LogP contribution < -0.4 is 10.6 Å². The van der Waals surface area contributed by atoms with Gasteiger partial charge in [0.2, 0.25) is 5.91 Å². The first-order chi connectivity index (χ1) is 7.68. The summed E-state index contributed by atoms with van der Waals surface area (Å²) in [5.74, 6) is 2.57. The van der Waals surface area contributed by atoms with Crippen molar-refractivity contribution in [3.8, 4) is 0 Å². The van der Waals surface area contributed by atoms with E-state index in [1.807, 2.05) is 25.6 Å². The van der Waals surface area contributed by atoms with Crippen LogP contribution in [-0.4, -0.2) is 61.1 Å². The van der Waals surface area contributed by atoms with Crippen molar-refractivity contribution in [3.63, 3.8) is 0 Å². The van der Waals surface area contributed by atoms with Crippen LogP contribution in [0.1, 0.15) is 13.8 Å². The summed E-state index contributed by atoms with van der Waals surface area (Å²) >= 11 is 2.02. The number of carbonyl (C=O) groups excluding carboxylic acids is 1. The molecule has 1 rings (SSSR count). The maximum absolute atomic E-state index is 11.3. The SMILES string of the molecule is CC(C)NC(=O)CNCCN1CCSCC1. The molecule has 0 bridgehead atoms. The average Bonchev–Trinajstić information content (AvgIpc) is 2.25. The summed E-state index contributed by atoms with van der Waals surface area (Å²) in [5, 5.41) is 6.04. The molecule has 0 atom stereocenters. The van der Waals surface area contributed by atoms with Crippen molar-refractivity contribution in [1.82, 2.24) is 15.5 Å². The molecule has 1 saturated heterocycles. The Bertz CT molecular complexity index is 205.